The van der Waals surface area contributed by atoms with Gasteiger partial charge in [0.25, 0.3) is 5.89 Å². The topological polar surface area (TPSA) is 94.6 Å². The Kier molecular flexibility index (Phi) is 4.21. The fourth-order valence-electron chi connectivity index (χ4n) is 3.10. The van der Waals surface area contributed by atoms with Crippen LogP contribution in [0, 0.1) is 0 Å². The second-order valence-corrected chi connectivity index (χ2v) is 6.54. The fraction of sp³-hybridized carbons (Fsp3) is 0.0952. The third-order valence-electron chi connectivity index (χ3n) is 4.57. The minimum Gasteiger partial charge on any atom is -0.359 e. The molecule has 0 aliphatic rings. The van der Waals surface area contributed by atoms with Crippen LogP contribution in [0.2, 0.25) is 0 Å². The minimum absolute atomic E-state index is 0.214. The summed E-state index contributed by atoms with van der Waals surface area (Å²) in [5.41, 5.74) is 2.54. The Bertz CT molecular complexity index is 1250. The summed E-state index contributed by atoms with van der Waals surface area (Å²) in [5.74, 6) is 1.70. The van der Waals surface area contributed by atoms with E-state index in [0.29, 0.717) is 17.5 Å². The predicted molar refractivity (Wildman–Crippen MR) is 108 cm³/mol. The molecule has 0 saturated carbocycles. The van der Waals surface area contributed by atoms with Crippen molar-refractivity contribution in [2.75, 3.05) is 5.32 Å². The van der Waals surface area contributed by atoms with Crippen molar-refractivity contribution in [2.24, 2.45) is 0 Å². The van der Waals surface area contributed by atoms with E-state index in [9.17, 15) is 0 Å². The number of anilines is 1. The zero-order valence-electron chi connectivity index (χ0n) is 15.6. The van der Waals surface area contributed by atoms with Crippen molar-refractivity contribution in [3.63, 3.8) is 0 Å². The summed E-state index contributed by atoms with van der Waals surface area (Å²) in [6, 6.07) is 19.3. The van der Waals surface area contributed by atoms with Crippen LogP contribution in [-0.4, -0.2) is 29.9 Å². The highest BCUT2D eigenvalue weighted by atomic mass is 16.5. The van der Waals surface area contributed by atoms with E-state index in [2.05, 4.69) is 30.5 Å². The lowest BCUT2D eigenvalue weighted by Crippen LogP contribution is -2.10. The molecule has 0 spiro atoms. The van der Waals surface area contributed by atoms with Crippen molar-refractivity contribution in [3.8, 4) is 17.1 Å². The van der Waals surface area contributed by atoms with Crippen molar-refractivity contribution >= 4 is 16.9 Å². The van der Waals surface area contributed by atoms with Gasteiger partial charge in [0.05, 0.1) is 23.3 Å². The van der Waals surface area contributed by atoms with Gasteiger partial charge in [-0.3, -0.25) is 0 Å². The van der Waals surface area contributed by atoms with Crippen LogP contribution in [0.3, 0.4) is 0 Å². The smallest absolute Gasteiger partial charge is 0.257 e. The second kappa shape index (κ2) is 7.16. The van der Waals surface area contributed by atoms with Gasteiger partial charge in [-0.2, -0.15) is 10.1 Å². The minimum atomic E-state index is -0.214. The summed E-state index contributed by atoms with van der Waals surface area (Å²) in [6.07, 6.45) is 3.27. The van der Waals surface area contributed by atoms with Gasteiger partial charge in [-0.25, -0.2) is 14.6 Å². The Hall–Kier alpha value is -4.07. The Balaban J connectivity index is 1.44. The molecule has 0 aliphatic heterocycles. The SMILES string of the molecule is CC(Nc1ncnc2c1cnn2-c1ccccc1)c1noc(-c2ccccc2)n1. The molecule has 5 rings (SSSR count). The Morgan fingerprint density at radius 2 is 1.72 bits per heavy atom. The van der Waals surface area contributed by atoms with E-state index >= 15 is 0 Å². The number of aromatic nitrogens is 6. The molecule has 142 valence electrons. The maximum absolute atomic E-state index is 5.41. The van der Waals surface area contributed by atoms with Gasteiger partial charge in [0.15, 0.2) is 11.5 Å². The Morgan fingerprint density at radius 1 is 0.966 bits per heavy atom. The average molecular weight is 383 g/mol. The number of nitrogens with zero attached hydrogens (tertiary/aromatic N) is 6. The number of rotatable bonds is 5. The van der Waals surface area contributed by atoms with E-state index in [4.69, 9.17) is 4.52 Å². The molecule has 1 N–H and O–H groups in total. The van der Waals surface area contributed by atoms with Gasteiger partial charge in [-0.05, 0) is 31.2 Å². The molecule has 0 saturated heterocycles. The van der Waals surface area contributed by atoms with Crippen molar-refractivity contribution < 1.29 is 4.52 Å². The van der Waals surface area contributed by atoms with E-state index in [-0.39, 0.29) is 6.04 Å². The number of nitrogens with one attached hydrogen (secondary N) is 1. The normalized spacial score (nSPS) is 12.2. The van der Waals surface area contributed by atoms with Crippen molar-refractivity contribution in [2.45, 2.75) is 13.0 Å². The average Bonchev–Trinajstić information content (AvgIpc) is 3.43. The van der Waals surface area contributed by atoms with Gasteiger partial charge >= 0.3 is 0 Å². The number of benzene rings is 2. The molecule has 0 aliphatic carbocycles. The molecule has 8 nitrogen and oxygen atoms in total. The molecule has 0 bridgehead atoms. The first-order valence-electron chi connectivity index (χ1n) is 9.19. The van der Waals surface area contributed by atoms with E-state index in [0.717, 1.165) is 22.3 Å². The lowest BCUT2D eigenvalue weighted by molar-refractivity contribution is 0.420. The van der Waals surface area contributed by atoms with Crippen LogP contribution in [0.5, 0.6) is 0 Å². The molecule has 2 aromatic carbocycles. The molecule has 5 aromatic rings. The van der Waals surface area contributed by atoms with Crippen molar-refractivity contribution in [1.82, 2.24) is 29.9 Å². The van der Waals surface area contributed by atoms with Crippen molar-refractivity contribution in [3.05, 3.63) is 79.0 Å². The Labute approximate surface area is 166 Å². The largest absolute Gasteiger partial charge is 0.359 e. The maximum atomic E-state index is 5.41. The van der Waals surface area contributed by atoms with Gasteiger partial charge in [0, 0.05) is 5.56 Å². The van der Waals surface area contributed by atoms with Gasteiger partial charge in [-0.15, -0.1) is 0 Å². The zero-order chi connectivity index (χ0) is 19.6. The van der Waals surface area contributed by atoms with Crippen LogP contribution in [0.1, 0.15) is 18.8 Å². The highest BCUT2D eigenvalue weighted by molar-refractivity contribution is 5.87. The number of fused-ring (bicyclic) bond motifs is 1. The summed E-state index contributed by atoms with van der Waals surface area (Å²) in [7, 11) is 0. The summed E-state index contributed by atoms with van der Waals surface area (Å²) in [5, 5.41) is 12.7. The zero-order valence-corrected chi connectivity index (χ0v) is 15.6. The number of hydrogen-bond acceptors (Lipinski definition) is 7. The van der Waals surface area contributed by atoms with Crippen molar-refractivity contribution in [1.29, 1.82) is 0 Å². The third kappa shape index (κ3) is 3.20. The lowest BCUT2D eigenvalue weighted by Gasteiger charge is -2.11. The summed E-state index contributed by atoms with van der Waals surface area (Å²) in [6.45, 7) is 1.95. The molecule has 29 heavy (non-hydrogen) atoms. The highest BCUT2D eigenvalue weighted by Gasteiger charge is 2.18. The maximum Gasteiger partial charge on any atom is 0.257 e. The number of hydrogen-bond donors (Lipinski definition) is 1. The quantitative estimate of drug-likeness (QED) is 0.489. The van der Waals surface area contributed by atoms with E-state index in [1.54, 1.807) is 10.9 Å². The molecule has 1 unspecified atom stereocenters. The molecular weight excluding hydrogens is 366 g/mol. The summed E-state index contributed by atoms with van der Waals surface area (Å²) < 4.78 is 7.20. The van der Waals surface area contributed by atoms with Crippen LogP contribution in [0.15, 0.2) is 77.7 Å². The molecule has 0 amide bonds. The van der Waals surface area contributed by atoms with Crippen LogP contribution in [-0.2, 0) is 0 Å². The van der Waals surface area contributed by atoms with Gasteiger partial charge in [0.2, 0.25) is 0 Å². The fourth-order valence-corrected chi connectivity index (χ4v) is 3.10. The molecule has 8 heteroatoms. The van der Waals surface area contributed by atoms with Crippen LogP contribution >= 0.6 is 0 Å². The molecule has 3 aromatic heterocycles. The first-order chi connectivity index (χ1) is 14.3. The summed E-state index contributed by atoms with van der Waals surface area (Å²) >= 11 is 0. The van der Waals surface area contributed by atoms with Gasteiger partial charge in [0.1, 0.15) is 12.1 Å². The predicted octanol–water partition coefficient (Wildman–Crippen LogP) is 4.04. The standard InChI is InChI=1S/C21H17N7O/c1-14(18-26-21(29-27-18)15-8-4-2-5-9-15)25-19-17-12-24-28(20(17)23-13-22-19)16-10-6-3-7-11-16/h2-14H,1H3,(H,22,23,25). The number of para-hydroxylation sites is 1. The second-order valence-electron chi connectivity index (χ2n) is 6.54. The van der Waals surface area contributed by atoms with Gasteiger partial charge < -0.3 is 9.84 Å². The highest BCUT2D eigenvalue weighted by Crippen LogP contribution is 2.25. The molecule has 3 heterocycles. The van der Waals surface area contributed by atoms with Gasteiger partial charge in [-0.1, -0.05) is 41.6 Å². The Morgan fingerprint density at radius 3 is 2.52 bits per heavy atom. The first-order valence-corrected chi connectivity index (χ1v) is 9.19. The third-order valence-corrected chi connectivity index (χ3v) is 4.57. The van der Waals surface area contributed by atoms with Crippen LogP contribution in [0.25, 0.3) is 28.2 Å². The van der Waals surface area contributed by atoms with E-state index < -0.39 is 0 Å². The lowest BCUT2D eigenvalue weighted by atomic mass is 10.2. The first kappa shape index (κ1) is 17.1. The van der Waals surface area contributed by atoms with E-state index in [1.807, 2.05) is 67.6 Å². The molecular formula is C21H17N7O. The van der Waals surface area contributed by atoms with Crippen LogP contribution in [0.4, 0.5) is 5.82 Å². The van der Waals surface area contributed by atoms with E-state index in [1.165, 1.54) is 6.33 Å². The molecule has 0 fully saturated rings. The summed E-state index contributed by atoms with van der Waals surface area (Å²) in [4.78, 5) is 13.3. The monoisotopic (exact) mass is 383 g/mol. The van der Waals surface area contributed by atoms with Crippen LogP contribution < -0.4 is 5.32 Å². The molecule has 1 atom stereocenters. The molecule has 0 radical (unpaired) electrons.